The zero-order valence-electron chi connectivity index (χ0n) is 11.6. The molecule has 2 fully saturated rings. The third kappa shape index (κ3) is 3.14. The number of rotatable bonds is 3. The first-order valence-corrected chi connectivity index (χ1v) is 7.49. The summed E-state index contributed by atoms with van der Waals surface area (Å²) in [4.78, 5) is 13.5. The molecule has 0 radical (unpaired) electrons. The number of hydrogen-bond acceptors (Lipinski definition) is 2. The lowest BCUT2D eigenvalue weighted by atomic mass is 10.1. The van der Waals surface area contributed by atoms with Crippen LogP contribution in [0.5, 0.6) is 0 Å². The van der Waals surface area contributed by atoms with E-state index in [1.165, 1.54) is 4.90 Å². The molecule has 1 aromatic rings. The molecule has 2 aliphatic rings. The van der Waals surface area contributed by atoms with Crippen molar-refractivity contribution >= 4 is 17.6 Å². The fraction of sp³-hybridized carbons (Fsp3) is 0.533. The molecule has 3 rings (SSSR count). The fourth-order valence-corrected chi connectivity index (χ4v) is 2.95. The van der Waals surface area contributed by atoms with Crippen molar-refractivity contribution in [3.8, 4) is 0 Å². The number of halogens is 2. The second kappa shape index (κ2) is 5.46. The number of aliphatic hydroxyl groups excluding tert-OH is 1. The van der Waals surface area contributed by atoms with Crippen molar-refractivity contribution in [2.24, 2.45) is 0 Å². The Labute approximate surface area is 127 Å². The predicted octanol–water partition coefficient (Wildman–Crippen LogP) is 2.31. The van der Waals surface area contributed by atoms with Gasteiger partial charge < -0.3 is 15.3 Å². The maximum atomic E-state index is 13.9. The Bertz CT molecular complexity index is 539. The molecule has 0 spiro atoms. The molecule has 2 amide bonds. The molecular weight excluding hydrogens is 295 g/mol. The molecule has 1 saturated heterocycles. The van der Waals surface area contributed by atoms with Gasteiger partial charge in [-0.3, -0.25) is 0 Å². The molecule has 4 nitrogen and oxygen atoms in total. The van der Waals surface area contributed by atoms with Gasteiger partial charge in [-0.25, -0.2) is 9.18 Å². The van der Waals surface area contributed by atoms with E-state index < -0.39 is 12.3 Å². The second-order valence-electron chi connectivity index (χ2n) is 5.93. The Morgan fingerprint density at radius 1 is 1.48 bits per heavy atom. The number of carbonyl (C=O) groups excluding carboxylic acids is 1. The molecule has 2 N–H and O–H groups in total. The molecule has 1 aliphatic carbocycles. The maximum Gasteiger partial charge on any atom is 0.317 e. The number of benzene rings is 1. The van der Waals surface area contributed by atoms with Gasteiger partial charge in [0.15, 0.2) is 5.67 Å². The molecule has 1 saturated carbocycles. The number of carbonyl (C=O) groups is 1. The van der Waals surface area contributed by atoms with Crippen molar-refractivity contribution in [2.75, 3.05) is 19.7 Å². The number of urea groups is 1. The minimum atomic E-state index is -1.64. The summed E-state index contributed by atoms with van der Waals surface area (Å²) in [6.07, 6.45) is 1.09. The van der Waals surface area contributed by atoms with E-state index in [-0.39, 0.29) is 25.0 Å². The van der Waals surface area contributed by atoms with Gasteiger partial charge in [0.25, 0.3) is 0 Å². The first-order chi connectivity index (χ1) is 10.0. The van der Waals surface area contributed by atoms with E-state index in [4.69, 9.17) is 16.7 Å². The summed E-state index contributed by atoms with van der Waals surface area (Å²) in [6, 6.07) is 7.47. The van der Waals surface area contributed by atoms with Gasteiger partial charge in [0.05, 0.1) is 13.2 Å². The quantitative estimate of drug-likeness (QED) is 0.900. The first-order valence-electron chi connectivity index (χ1n) is 7.11. The van der Waals surface area contributed by atoms with E-state index in [0.29, 0.717) is 17.5 Å². The molecule has 1 aliphatic heterocycles. The second-order valence-corrected chi connectivity index (χ2v) is 6.37. The number of likely N-dealkylation sites (tertiary alicyclic amines) is 1. The summed E-state index contributed by atoms with van der Waals surface area (Å²) in [5, 5.41) is 12.6. The third-order valence-electron chi connectivity index (χ3n) is 4.27. The molecule has 1 unspecified atom stereocenters. The molecule has 0 bridgehead atoms. The van der Waals surface area contributed by atoms with E-state index in [0.717, 1.165) is 12.0 Å². The van der Waals surface area contributed by atoms with Crippen LogP contribution in [-0.2, 0) is 0 Å². The van der Waals surface area contributed by atoms with Crippen LogP contribution in [0.25, 0.3) is 0 Å². The van der Waals surface area contributed by atoms with Crippen molar-refractivity contribution in [2.45, 2.75) is 30.5 Å². The summed E-state index contributed by atoms with van der Waals surface area (Å²) in [7, 11) is 0. The summed E-state index contributed by atoms with van der Waals surface area (Å²) < 4.78 is 13.9. The number of hydrogen-bond donors (Lipinski definition) is 2. The largest absolute Gasteiger partial charge is 0.393 e. The molecule has 21 heavy (non-hydrogen) atoms. The van der Waals surface area contributed by atoms with Crippen molar-refractivity contribution in [1.82, 2.24) is 10.2 Å². The van der Waals surface area contributed by atoms with Crippen LogP contribution in [0.3, 0.4) is 0 Å². The summed E-state index contributed by atoms with van der Waals surface area (Å²) in [5.41, 5.74) is -0.488. The molecule has 6 heteroatoms. The molecule has 0 aromatic heterocycles. The molecule has 3 atom stereocenters. The molecular formula is C15H18ClFN2O2. The van der Waals surface area contributed by atoms with Gasteiger partial charge in [0.1, 0.15) is 0 Å². The number of nitrogens with one attached hydrogen (secondary N) is 1. The van der Waals surface area contributed by atoms with Crippen LogP contribution in [0.1, 0.15) is 24.3 Å². The lowest BCUT2D eigenvalue weighted by Gasteiger charge is -2.19. The summed E-state index contributed by atoms with van der Waals surface area (Å²) in [5.74, 6) is 0.307. The highest BCUT2D eigenvalue weighted by Crippen LogP contribution is 2.41. The van der Waals surface area contributed by atoms with E-state index in [9.17, 15) is 9.18 Å². The Hall–Kier alpha value is -1.33. The van der Waals surface area contributed by atoms with Gasteiger partial charge in [-0.15, -0.1) is 0 Å². The van der Waals surface area contributed by atoms with Gasteiger partial charge >= 0.3 is 6.03 Å². The van der Waals surface area contributed by atoms with Crippen LogP contribution in [0.15, 0.2) is 24.3 Å². The van der Waals surface area contributed by atoms with Gasteiger partial charge in [0, 0.05) is 29.9 Å². The summed E-state index contributed by atoms with van der Waals surface area (Å²) >= 11 is 5.85. The fourth-order valence-electron chi connectivity index (χ4n) is 2.82. The lowest BCUT2D eigenvalue weighted by Crippen LogP contribution is -2.42. The third-order valence-corrected chi connectivity index (χ3v) is 4.52. The standard InChI is InChI=1S/C15H18ClFN2O2/c16-11-3-1-10(2-4-11)12-7-13(12)18-14(21)19-6-5-15(17,8-19)9-20/h1-4,12-13,20H,5-9H2,(H,18,21)/t12-,13+,15?/m0/s1. The number of nitrogens with zero attached hydrogens (tertiary/aromatic N) is 1. The van der Waals surface area contributed by atoms with Crippen LogP contribution in [-0.4, -0.2) is 47.4 Å². The number of aliphatic hydroxyl groups is 1. The maximum absolute atomic E-state index is 13.9. The first kappa shape index (κ1) is 14.6. The number of amides is 2. The normalized spacial score (nSPS) is 31.3. The lowest BCUT2D eigenvalue weighted by molar-refractivity contribution is 0.0805. The van der Waals surface area contributed by atoms with E-state index in [1.807, 2.05) is 24.3 Å². The Kier molecular flexibility index (Phi) is 3.80. The summed E-state index contributed by atoms with van der Waals surface area (Å²) in [6.45, 7) is -0.220. The van der Waals surface area contributed by atoms with Gasteiger partial charge in [-0.05, 0) is 24.1 Å². The van der Waals surface area contributed by atoms with Gasteiger partial charge in [-0.1, -0.05) is 23.7 Å². The van der Waals surface area contributed by atoms with Crippen molar-refractivity contribution in [1.29, 1.82) is 0 Å². The average molecular weight is 313 g/mol. The highest BCUT2D eigenvalue weighted by Gasteiger charge is 2.43. The average Bonchev–Trinajstić information content (AvgIpc) is 3.11. The predicted molar refractivity (Wildman–Crippen MR) is 78.2 cm³/mol. The Morgan fingerprint density at radius 2 is 2.19 bits per heavy atom. The van der Waals surface area contributed by atoms with Crippen LogP contribution >= 0.6 is 11.6 Å². The van der Waals surface area contributed by atoms with Gasteiger partial charge in [-0.2, -0.15) is 0 Å². The van der Waals surface area contributed by atoms with Gasteiger partial charge in [0.2, 0.25) is 0 Å². The zero-order valence-corrected chi connectivity index (χ0v) is 12.3. The van der Waals surface area contributed by atoms with Crippen LogP contribution in [0, 0.1) is 0 Å². The Balaban J connectivity index is 1.52. The van der Waals surface area contributed by atoms with Crippen LogP contribution in [0.2, 0.25) is 5.02 Å². The highest BCUT2D eigenvalue weighted by molar-refractivity contribution is 6.30. The van der Waals surface area contributed by atoms with Crippen LogP contribution < -0.4 is 5.32 Å². The van der Waals surface area contributed by atoms with Crippen molar-refractivity contribution in [3.63, 3.8) is 0 Å². The van der Waals surface area contributed by atoms with Crippen LogP contribution in [0.4, 0.5) is 9.18 Å². The smallest absolute Gasteiger partial charge is 0.317 e. The Morgan fingerprint density at radius 3 is 2.81 bits per heavy atom. The zero-order chi connectivity index (χ0) is 15.0. The molecule has 1 heterocycles. The van der Waals surface area contributed by atoms with E-state index >= 15 is 0 Å². The van der Waals surface area contributed by atoms with E-state index in [1.54, 1.807) is 0 Å². The minimum absolute atomic E-state index is 0.0341. The van der Waals surface area contributed by atoms with E-state index in [2.05, 4.69) is 5.32 Å². The SMILES string of the molecule is O=C(N[C@@H]1C[C@H]1c1ccc(Cl)cc1)N1CCC(F)(CO)C1. The molecule has 1 aromatic carbocycles. The number of alkyl halides is 1. The molecule has 114 valence electrons. The monoisotopic (exact) mass is 312 g/mol. The topological polar surface area (TPSA) is 52.6 Å². The minimum Gasteiger partial charge on any atom is -0.393 e. The highest BCUT2D eigenvalue weighted by atomic mass is 35.5. The van der Waals surface area contributed by atoms with Crippen molar-refractivity contribution in [3.05, 3.63) is 34.9 Å². The van der Waals surface area contributed by atoms with Crippen molar-refractivity contribution < 1.29 is 14.3 Å².